The number of rotatable bonds is 6. The summed E-state index contributed by atoms with van der Waals surface area (Å²) >= 11 is 1.55. The number of thiazole rings is 1. The number of carbonyl (C=O) groups is 1. The van der Waals surface area contributed by atoms with Crippen LogP contribution in [0.15, 0.2) is 48.5 Å². The fourth-order valence-electron chi connectivity index (χ4n) is 4.27. The second-order valence-electron chi connectivity index (χ2n) is 8.58. The van der Waals surface area contributed by atoms with E-state index in [0.29, 0.717) is 6.04 Å². The SMILES string of the molecule is Cc1nc(C(N)=O)ccc1-c1ccc2nc(Nc3cccc(NC4CCC(O)CC4)n3)sc2c1. The number of aliphatic hydroxyl groups is 1. The number of aryl methyl sites for hydroxylation is 1. The number of anilines is 3. The van der Waals surface area contributed by atoms with E-state index in [1.54, 1.807) is 17.4 Å². The molecule has 0 bridgehead atoms. The zero-order valence-corrected chi connectivity index (χ0v) is 19.6. The fourth-order valence-corrected chi connectivity index (χ4v) is 5.18. The molecule has 0 unspecified atom stereocenters. The van der Waals surface area contributed by atoms with Gasteiger partial charge in [0.1, 0.15) is 17.3 Å². The van der Waals surface area contributed by atoms with Crippen molar-refractivity contribution in [1.29, 1.82) is 0 Å². The summed E-state index contributed by atoms with van der Waals surface area (Å²) in [5.74, 6) is 1.01. The first-order valence-electron chi connectivity index (χ1n) is 11.3. The van der Waals surface area contributed by atoms with E-state index in [1.807, 2.05) is 43.3 Å². The van der Waals surface area contributed by atoms with Crippen molar-refractivity contribution in [2.24, 2.45) is 5.73 Å². The van der Waals surface area contributed by atoms with E-state index in [2.05, 4.69) is 26.7 Å². The number of amides is 1. The van der Waals surface area contributed by atoms with Crippen LogP contribution in [0.2, 0.25) is 0 Å². The molecule has 0 saturated heterocycles. The van der Waals surface area contributed by atoms with Crippen molar-refractivity contribution in [3.63, 3.8) is 0 Å². The lowest BCUT2D eigenvalue weighted by Gasteiger charge is -2.26. The van der Waals surface area contributed by atoms with E-state index in [-0.39, 0.29) is 11.8 Å². The fraction of sp³-hybridized carbons (Fsp3) is 0.280. The Morgan fingerprint density at radius 1 is 1.03 bits per heavy atom. The Morgan fingerprint density at radius 2 is 1.82 bits per heavy atom. The van der Waals surface area contributed by atoms with Crippen molar-refractivity contribution in [2.45, 2.75) is 44.8 Å². The first-order valence-corrected chi connectivity index (χ1v) is 12.1. The topological polar surface area (TPSA) is 126 Å². The van der Waals surface area contributed by atoms with Crippen LogP contribution in [-0.2, 0) is 0 Å². The highest BCUT2D eigenvalue weighted by Crippen LogP contribution is 2.33. The summed E-state index contributed by atoms with van der Waals surface area (Å²) in [5.41, 5.74) is 9.20. The van der Waals surface area contributed by atoms with Gasteiger partial charge in [-0.1, -0.05) is 29.5 Å². The summed E-state index contributed by atoms with van der Waals surface area (Å²) in [6, 6.07) is 15.8. The lowest BCUT2D eigenvalue weighted by molar-refractivity contribution is 0.0995. The van der Waals surface area contributed by atoms with Crippen LogP contribution in [0.1, 0.15) is 41.9 Å². The molecular weight excluding hydrogens is 448 g/mol. The van der Waals surface area contributed by atoms with Crippen molar-refractivity contribution < 1.29 is 9.90 Å². The summed E-state index contributed by atoms with van der Waals surface area (Å²) in [6.45, 7) is 1.87. The molecule has 1 aliphatic rings. The van der Waals surface area contributed by atoms with Gasteiger partial charge in [-0.25, -0.2) is 15.0 Å². The van der Waals surface area contributed by atoms with Crippen LogP contribution in [0.5, 0.6) is 0 Å². The molecule has 3 aromatic heterocycles. The monoisotopic (exact) mass is 474 g/mol. The van der Waals surface area contributed by atoms with Crippen molar-refractivity contribution in [3.05, 3.63) is 59.9 Å². The highest BCUT2D eigenvalue weighted by Gasteiger charge is 2.19. The number of fused-ring (bicyclic) bond motifs is 1. The highest BCUT2D eigenvalue weighted by atomic mass is 32.1. The van der Waals surface area contributed by atoms with E-state index in [0.717, 1.165) is 69.5 Å². The van der Waals surface area contributed by atoms with Gasteiger partial charge in [0.15, 0.2) is 5.13 Å². The average molecular weight is 475 g/mol. The van der Waals surface area contributed by atoms with Crippen molar-refractivity contribution in [1.82, 2.24) is 15.0 Å². The lowest BCUT2D eigenvalue weighted by atomic mass is 9.93. The number of aromatic nitrogens is 3. The normalized spacial score (nSPS) is 18.1. The van der Waals surface area contributed by atoms with Crippen LogP contribution in [0.25, 0.3) is 21.3 Å². The molecule has 0 atom stereocenters. The number of hydrogen-bond donors (Lipinski definition) is 4. The van der Waals surface area contributed by atoms with Crippen LogP contribution in [0, 0.1) is 6.92 Å². The molecule has 8 nitrogen and oxygen atoms in total. The maximum Gasteiger partial charge on any atom is 0.267 e. The minimum absolute atomic E-state index is 0.173. The van der Waals surface area contributed by atoms with Gasteiger partial charge >= 0.3 is 0 Å². The summed E-state index contributed by atoms with van der Waals surface area (Å²) < 4.78 is 1.04. The maximum atomic E-state index is 11.4. The Labute approximate surface area is 201 Å². The van der Waals surface area contributed by atoms with Crippen LogP contribution < -0.4 is 16.4 Å². The number of primary amides is 1. The molecular formula is C25H26N6O2S. The van der Waals surface area contributed by atoms with Gasteiger partial charge in [0.2, 0.25) is 0 Å². The largest absolute Gasteiger partial charge is 0.393 e. The van der Waals surface area contributed by atoms with Crippen molar-refractivity contribution in [2.75, 3.05) is 10.6 Å². The third-order valence-electron chi connectivity index (χ3n) is 6.07. The Hall–Kier alpha value is -3.56. The standard InChI is InChI=1S/C25H26N6O2S/c1-14-18(10-12-20(27-14)24(26)33)15-5-11-19-21(13-15)34-25(29-19)31-23-4-2-3-22(30-23)28-16-6-8-17(32)9-7-16/h2-5,10-13,16-17,32H,6-9H2,1H3,(H2,26,33)(H2,28,29,30,31). The average Bonchev–Trinajstić information content (AvgIpc) is 3.22. The number of benzene rings is 1. The number of aliphatic hydroxyl groups excluding tert-OH is 1. The maximum absolute atomic E-state index is 11.4. The Balaban J connectivity index is 1.33. The molecule has 1 aliphatic carbocycles. The predicted molar refractivity (Wildman–Crippen MR) is 136 cm³/mol. The van der Waals surface area contributed by atoms with Gasteiger partial charge in [0, 0.05) is 17.3 Å². The number of pyridine rings is 2. The zero-order valence-electron chi connectivity index (χ0n) is 18.8. The Bertz CT molecular complexity index is 1350. The van der Waals surface area contributed by atoms with E-state index < -0.39 is 5.91 Å². The lowest BCUT2D eigenvalue weighted by Crippen LogP contribution is -2.28. The first kappa shape index (κ1) is 22.2. The molecule has 0 radical (unpaired) electrons. The molecule has 4 aromatic rings. The minimum Gasteiger partial charge on any atom is -0.393 e. The van der Waals surface area contributed by atoms with Gasteiger partial charge in [-0.05, 0) is 68.5 Å². The second-order valence-corrected chi connectivity index (χ2v) is 9.61. The quantitative estimate of drug-likeness (QED) is 0.321. The second kappa shape index (κ2) is 9.36. The summed E-state index contributed by atoms with van der Waals surface area (Å²) in [6.07, 6.45) is 3.37. The van der Waals surface area contributed by atoms with Gasteiger partial charge in [0.05, 0.1) is 16.3 Å². The van der Waals surface area contributed by atoms with Gasteiger partial charge < -0.3 is 21.5 Å². The van der Waals surface area contributed by atoms with Crippen LogP contribution >= 0.6 is 11.3 Å². The Kier molecular flexibility index (Phi) is 6.12. The minimum atomic E-state index is -0.534. The first-order chi connectivity index (χ1) is 16.4. The number of nitrogens with one attached hydrogen (secondary N) is 2. The smallest absolute Gasteiger partial charge is 0.267 e. The molecule has 5 N–H and O–H groups in total. The molecule has 0 aliphatic heterocycles. The number of nitrogens with zero attached hydrogens (tertiary/aromatic N) is 3. The molecule has 34 heavy (non-hydrogen) atoms. The van der Waals surface area contributed by atoms with Gasteiger partial charge in [-0.15, -0.1) is 0 Å². The molecule has 1 saturated carbocycles. The highest BCUT2D eigenvalue weighted by molar-refractivity contribution is 7.22. The van der Waals surface area contributed by atoms with Crippen LogP contribution in [0.4, 0.5) is 16.8 Å². The Morgan fingerprint density at radius 3 is 2.59 bits per heavy atom. The predicted octanol–water partition coefficient (Wildman–Crippen LogP) is 4.62. The molecule has 1 aromatic carbocycles. The van der Waals surface area contributed by atoms with Gasteiger partial charge in [-0.2, -0.15) is 0 Å². The van der Waals surface area contributed by atoms with E-state index in [9.17, 15) is 9.90 Å². The molecule has 5 rings (SSSR count). The molecule has 1 amide bonds. The van der Waals surface area contributed by atoms with E-state index in [1.165, 1.54) is 0 Å². The number of carbonyl (C=O) groups excluding carboxylic acids is 1. The summed E-state index contributed by atoms with van der Waals surface area (Å²) in [5, 5.41) is 17.3. The van der Waals surface area contributed by atoms with Crippen LogP contribution in [0.3, 0.4) is 0 Å². The number of hydrogen-bond acceptors (Lipinski definition) is 8. The zero-order chi connectivity index (χ0) is 23.7. The molecule has 174 valence electrons. The van der Waals surface area contributed by atoms with Crippen molar-refractivity contribution in [3.8, 4) is 11.1 Å². The third-order valence-corrected chi connectivity index (χ3v) is 7.00. The van der Waals surface area contributed by atoms with Crippen molar-refractivity contribution >= 4 is 44.2 Å². The molecule has 3 heterocycles. The van der Waals surface area contributed by atoms with E-state index >= 15 is 0 Å². The van der Waals surface area contributed by atoms with Gasteiger partial charge in [0.25, 0.3) is 5.91 Å². The molecule has 9 heteroatoms. The third kappa shape index (κ3) is 4.85. The summed E-state index contributed by atoms with van der Waals surface area (Å²) in [7, 11) is 0. The van der Waals surface area contributed by atoms with Gasteiger partial charge in [-0.3, -0.25) is 4.79 Å². The molecule has 0 spiro atoms. The summed E-state index contributed by atoms with van der Waals surface area (Å²) in [4.78, 5) is 25.1. The number of nitrogens with two attached hydrogens (primary N) is 1. The van der Waals surface area contributed by atoms with Crippen LogP contribution in [-0.4, -0.2) is 38.1 Å². The van der Waals surface area contributed by atoms with E-state index in [4.69, 9.17) is 10.7 Å². The molecule has 1 fully saturated rings.